The summed E-state index contributed by atoms with van der Waals surface area (Å²) in [4.78, 5) is 0. The van der Waals surface area contributed by atoms with Crippen molar-refractivity contribution in [3.05, 3.63) is 45.1 Å². The average Bonchev–Trinajstić information content (AvgIpc) is 2.41. The lowest BCUT2D eigenvalue weighted by atomic mass is 10.1. The first-order chi connectivity index (χ1) is 9.92. The van der Waals surface area contributed by atoms with Crippen molar-refractivity contribution >= 4 is 29.0 Å². The highest BCUT2D eigenvalue weighted by atomic mass is 35.5. The van der Waals surface area contributed by atoms with Crippen molar-refractivity contribution in [2.45, 2.75) is 13.8 Å². The summed E-state index contributed by atoms with van der Waals surface area (Å²) in [6.45, 7) is 3.53. The first-order valence-electron chi connectivity index (χ1n) is 5.88. The molecule has 0 unspecified atom stereocenters. The van der Waals surface area contributed by atoms with Gasteiger partial charge in [0.25, 0.3) is 0 Å². The molecule has 3 N–H and O–H groups in total. The third kappa shape index (κ3) is 3.34. The molecule has 21 heavy (non-hydrogen) atoms. The van der Waals surface area contributed by atoms with Gasteiger partial charge < -0.3 is 15.7 Å². The molecule has 0 radical (unpaired) electrons. The van der Waals surface area contributed by atoms with E-state index in [0.717, 1.165) is 0 Å². The molecule has 0 saturated heterocycles. The molecule has 0 spiro atoms. The van der Waals surface area contributed by atoms with Crippen LogP contribution >= 0.6 is 23.2 Å². The van der Waals surface area contributed by atoms with E-state index in [4.69, 9.17) is 38.9 Å². The van der Waals surface area contributed by atoms with Gasteiger partial charge >= 0.3 is 0 Å². The standard InChI is InChI=1S/C13H12Cl2N4O2/c1-6-7(2)17-18-13(11(6)12(16)19-20)21-10-4-8(14)3-9(15)5-10/h3-5,20H,1-2H3,(H2,16,19). The molecule has 1 heterocycles. The van der Waals surface area contributed by atoms with E-state index in [1.807, 2.05) is 0 Å². The molecule has 6 nitrogen and oxygen atoms in total. The Labute approximate surface area is 131 Å². The zero-order valence-corrected chi connectivity index (χ0v) is 12.8. The van der Waals surface area contributed by atoms with Crippen molar-refractivity contribution in [3.8, 4) is 11.6 Å². The minimum Gasteiger partial charge on any atom is -0.437 e. The normalized spacial score (nSPS) is 11.5. The van der Waals surface area contributed by atoms with Gasteiger partial charge in [-0.1, -0.05) is 28.4 Å². The van der Waals surface area contributed by atoms with Crippen LogP contribution in [0.15, 0.2) is 23.4 Å². The molecular formula is C13H12Cl2N4O2. The molecule has 0 aliphatic rings. The smallest absolute Gasteiger partial charge is 0.250 e. The van der Waals surface area contributed by atoms with Crippen LogP contribution in [0.1, 0.15) is 16.8 Å². The molecule has 0 aliphatic heterocycles. The van der Waals surface area contributed by atoms with Gasteiger partial charge in [0.1, 0.15) is 5.75 Å². The summed E-state index contributed by atoms with van der Waals surface area (Å²) < 4.78 is 5.62. The van der Waals surface area contributed by atoms with E-state index >= 15 is 0 Å². The van der Waals surface area contributed by atoms with Gasteiger partial charge in [0.05, 0.1) is 11.3 Å². The predicted octanol–water partition coefficient (Wildman–Crippen LogP) is 3.29. The number of ether oxygens (including phenoxy) is 1. The van der Waals surface area contributed by atoms with Crippen LogP contribution in [0.25, 0.3) is 0 Å². The summed E-state index contributed by atoms with van der Waals surface area (Å²) in [5, 5.41) is 20.6. The number of benzene rings is 1. The number of amidine groups is 1. The van der Waals surface area contributed by atoms with Crippen LogP contribution in [-0.2, 0) is 0 Å². The van der Waals surface area contributed by atoms with E-state index in [0.29, 0.717) is 32.6 Å². The fourth-order valence-corrected chi connectivity index (χ4v) is 2.21. The molecule has 1 aromatic heterocycles. The molecule has 1 aromatic carbocycles. The van der Waals surface area contributed by atoms with Gasteiger partial charge in [-0.05, 0) is 37.6 Å². The molecule has 2 rings (SSSR count). The number of hydrogen-bond acceptors (Lipinski definition) is 5. The Hall–Kier alpha value is -2.05. The zero-order chi connectivity index (χ0) is 15.6. The molecule has 8 heteroatoms. The summed E-state index contributed by atoms with van der Waals surface area (Å²) in [6.07, 6.45) is 0. The monoisotopic (exact) mass is 326 g/mol. The van der Waals surface area contributed by atoms with E-state index in [1.165, 1.54) is 0 Å². The molecule has 0 fully saturated rings. The summed E-state index contributed by atoms with van der Waals surface area (Å²) in [6, 6.07) is 4.72. The quantitative estimate of drug-likeness (QED) is 0.390. The second-order valence-corrected chi connectivity index (χ2v) is 5.16. The van der Waals surface area contributed by atoms with Gasteiger partial charge in [-0.25, -0.2) is 0 Å². The minimum atomic E-state index is -0.117. The van der Waals surface area contributed by atoms with Crippen LogP contribution in [0, 0.1) is 13.8 Å². The maximum atomic E-state index is 8.90. The predicted molar refractivity (Wildman–Crippen MR) is 80.6 cm³/mol. The Morgan fingerprint density at radius 2 is 1.81 bits per heavy atom. The van der Waals surface area contributed by atoms with Crippen molar-refractivity contribution in [3.63, 3.8) is 0 Å². The lowest BCUT2D eigenvalue weighted by molar-refractivity contribution is 0.318. The molecule has 0 saturated carbocycles. The van der Waals surface area contributed by atoms with Crippen molar-refractivity contribution in [2.24, 2.45) is 10.9 Å². The summed E-state index contributed by atoms with van der Waals surface area (Å²) in [5.41, 5.74) is 7.38. The average molecular weight is 327 g/mol. The van der Waals surface area contributed by atoms with E-state index in [-0.39, 0.29) is 11.7 Å². The molecule has 0 amide bonds. The van der Waals surface area contributed by atoms with Crippen molar-refractivity contribution in [2.75, 3.05) is 0 Å². The van der Waals surface area contributed by atoms with Gasteiger partial charge in [0.2, 0.25) is 5.88 Å². The van der Waals surface area contributed by atoms with Gasteiger partial charge in [0, 0.05) is 10.0 Å². The van der Waals surface area contributed by atoms with Gasteiger partial charge in [-0.2, -0.15) is 5.10 Å². The lowest BCUT2D eigenvalue weighted by Crippen LogP contribution is -2.18. The first-order valence-corrected chi connectivity index (χ1v) is 6.63. The lowest BCUT2D eigenvalue weighted by Gasteiger charge is -2.12. The van der Waals surface area contributed by atoms with Gasteiger partial charge in [-0.15, -0.1) is 5.10 Å². The second kappa shape index (κ2) is 6.15. The highest BCUT2D eigenvalue weighted by molar-refractivity contribution is 6.34. The van der Waals surface area contributed by atoms with Crippen molar-refractivity contribution < 1.29 is 9.94 Å². The number of aryl methyl sites for hydroxylation is 1. The summed E-state index contributed by atoms with van der Waals surface area (Å²) in [7, 11) is 0. The van der Waals surface area contributed by atoms with E-state index in [2.05, 4.69) is 15.4 Å². The Balaban J connectivity index is 2.51. The molecule has 2 aromatic rings. The summed E-state index contributed by atoms with van der Waals surface area (Å²) >= 11 is 11.8. The van der Waals surface area contributed by atoms with Crippen LogP contribution in [0.2, 0.25) is 10.0 Å². The Morgan fingerprint density at radius 1 is 1.19 bits per heavy atom. The van der Waals surface area contributed by atoms with Gasteiger partial charge in [0.15, 0.2) is 5.84 Å². The minimum absolute atomic E-state index is 0.103. The molecule has 0 aliphatic carbocycles. The number of halogens is 2. The third-order valence-corrected chi connectivity index (χ3v) is 3.27. The largest absolute Gasteiger partial charge is 0.437 e. The third-order valence-electron chi connectivity index (χ3n) is 2.84. The van der Waals surface area contributed by atoms with Crippen molar-refractivity contribution in [1.29, 1.82) is 0 Å². The fourth-order valence-electron chi connectivity index (χ4n) is 1.71. The van der Waals surface area contributed by atoms with E-state index in [1.54, 1.807) is 32.0 Å². The number of hydrogen-bond donors (Lipinski definition) is 2. The van der Waals surface area contributed by atoms with Crippen LogP contribution in [0.5, 0.6) is 11.6 Å². The second-order valence-electron chi connectivity index (χ2n) is 4.28. The maximum absolute atomic E-state index is 8.90. The molecule has 0 atom stereocenters. The van der Waals surface area contributed by atoms with Crippen LogP contribution in [0.3, 0.4) is 0 Å². The maximum Gasteiger partial charge on any atom is 0.250 e. The van der Waals surface area contributed by atoms with E-state index < -0.39 is 0 Å². The number of aromatic nitrogens is 2. The topological polar surface area (TPSA) is 93.6 Å². The van der Waals surface area contributed by atoms with Crippen LogP contribution in [-0.4, -0.2) is 21.2 Å². The molecular weight excluding hydrogens is 315 g/mol. The number of nitrogens with two attached hydrogens (primary N) is 1. The first kappa shape index (κ1) is 15.3. The Bertz CT molecular complexity index is 699. The van der Waals surface area contributed by atoms with Crippen molar-refractivity contribution in [1.82, 2.24) is 10.2 Å². The zero-order valence-electron chi connectivity index (χ0n) is 11.3. The molecule has 0 bridgehead atoms. The number of nitrogens with zero attached hydrogens (tertiary/aromatic N) is 3. The van der Waals surface area contributed by atoms with Gasteiger partial charge in [-0.3, -0.25) is 0 Å². The van der Waals surface area contributed by atoms with Crippen LogP contribution < -0.4 is 10.5 Å². The SMILES string of the molecule is Cc1nnc(Oc2cc(Cl)cc(Cl)c2)c(/C(N)=N/O)c1C. The number of oxime groups is 1. The summed E-state index contributed by atoms with van der Waals surface area (Å²) in [5.74, 6) is 0.359. The highest BCUT2D eigenvalue weighted by Gasteiger charge is 2.17. The molecule has 110 valence electrons. The Morgan fingerprint density at radius 3 is 2.38 bits per heavy atom. The van der Waals surface area contributed by atoms with Crippen LogP contribution in [0.4, 0.5) is 0 Å². The number of rotatable bonds is 3. The van der Waals surface area contributed by atoms with E-state index in [9.17, 15) is 0 Å². The Kier molecular flexibility index (Phi) is 4.50. The highest BCUT2D eigenvalue weighted by Crippen LogP contribution is 2.30. The fraction of sp³-hybridized carbons (Fsp3) is 0.154.